The molecule has 0 heterocycles. The Morgan fingerprint density at radius 2 is 2.00 bits per heavy atom. The molecular weight excluding hydrogens is 199 g/mol. The zero-order valence-electron chi connectivity index (χ0n) is 7.55. The van der Waals surface area contributed by atoms with Crippen molar-refractivity contribution in [3.8, 4) is 0 Å². The minimum absolute atomic E-state index is 0.731. The van der Waals surface area contributed by atoms with Gasteiger partial charge in [-0.05, 0) is 0 Å². The van der Waals surface area contributed by atoms with Gasteiger partial charge in [-0.2, -0.15) is 0 Å². The van der Waals surface area contributed by atoms with Gasteiger partial charge in [-0.15, -0.1) is 0 Å². The van der Waals surface area contributed by atoms with Crippen molar-refractivity contribution in [1.29, 1.82) is 0 Å². The van der Waals surface area contributed by atoms with Crippen molar-refractivity contribution in [2.75, 3.05) is 0 Å². The molecule has 0 fully saturated rings. The van der Waals surface area contributed by atoms with Crippen LogP contribution in [0.1, 0.15) is 33.1 Å². The Morgan fingerprint density at radius 3 is 2.64 bits per heavy atom. The van der Waals surface area contributed by atoms with E-state index in [-0.39, 0.29) is 0 Å². The molecule has 0 aromatic heterocycles. The van der Waals surface area contributed by atoms with E-state index in [9.17, 15) is 0 Å². The predicted molar refractivity (Wildman–Crippen MR) is 54.0 cm³/mol. The molecule has 1 heteroatoms. The maximum absolute atomic E-state index is 2.29. The van der Waals surface area contributed by atoms with E-state index in [2.05, 4.69) is 37.0 Å². The first kappa shape index (κ1) is 11.0. The molecule has 64 valence electrons. The van der Waals surface area contributed by atoms with Crippen molar-refractivity contribution in [2.24, 2.45) is 0 Å². The Hall–Kier alpha value is -0.000519. The number of hydrogen-bond acceptors (Lipinski definition) is 0. The van der Waals surface area contributed by atoms with E-state index < -0.39 is 0 Å². The average molecular weight is 217 g/mol. The summed E-state index contributed by atoms with van der Waals surface area (Å²) in [7, 11) is 0. The van der Waals surface area contributed by atoms with Gasteiger partial charge in [0.2, 0.25) is 0 Å². The Morgan fingerprint density at radius 1 is 1.18 bits per heavy atom. The fraction of sp³-hybridized carbons (Fsp3) is 0.600. The minimum atomic E-state index is 0.731. The van der Waals surface area contributed by atoms with Crippen LogP contribution in [0.5, 0.6) is 0 Å². The number of rotatable bonds is 6. The van der Waals surface area contributed by atoms with Crippen LogP contribution in [0, 0.1) is 0 Å². The third-order valence-corrected chi connectivity index (χ3v) is 2.75. The van der Waals surface area contributed by atoms with Gasteiger partial charge >= 0.3 is 76.6 Å². The quantitative estimate of drug-likeness (QED) is 0.363. The van der Waals surface area contributed by atoms with E-state index in [0.717, 1.165) is 15.0 Å². The number of hydrogen-bond donors (Lipinski definition) is 0. The third-order valence-electron chi connectivity index (χ3n) is 1.31. The molecule has 0 N–H and O–H groups in total. The van der Waals surface area contributed by atoms with Crippen molar-refractivity contribution in [3.05, 3.63) is 23.2 Å². The van der Waals surface area contributed by atoms with Crippen molar-refractivity contribution in [3.63, 3.8) is 0 Å². The summed E-state index contributed by atoms with van der Waals surface area (Å²) in [5.41, 5.74) is 0. The van der Waals surface area contributed by atoms with E-state index in [1.54, 1.807) is 0 Å². The molecule has 0 aliphatic rings. The van der Waals surface area contributed by atoms with Gasteiger partial charge in [-0.1, -0.05) is 0 Å². The second-order valence-corrected chi connectivity index (χ2v) is 4.84. The maximum atomic E-state index is 2.29. The molecule has 0 unspecified atom stereocenters. The molecule has 0 aliphatic heterocycles. The van der Waals surface area contributed by atoms with Gasteiger partial charge in [0.15, 0.2) is 0 Å². The van der Waals surface area contributed by atoms with Crippen LogP contribution in [0.4, 0.5) is 0 Å². The summed E-state index contributed by atoms with van der Waals surface area (Å²) in [6.45, 7) is 4.45. The molecule has 0 aromatic carbocycles. The van der Waals surface area contributed by atoms with E-state index in [4.69, 9.17) is 0 Å². The van der Waals surface area contributed by atoms with Crippen molar-refractivity contribution < 1.29 is 0 Å². The van der Waals surface area contributed by atoms with Crippen LogP contribution >= 0.6 is 0 Å². The molecule has 0 amide bonds. The van der Waals surface area contributed by atoms with Crippen LogP contribution in [-0.4, -0.2) is 15.0 Å². The standard InChI is InChI=1S/C10H18Se/c1-3-5-6-7-8-9-10-11-4-2/h7-10H,3-6H2,1-2H3/b8-7-,10-9-. The average Bonchev–Trinajstić information content (AvgIpc) is 2.03. The fourth-order valence-corrected chi connectivity index (χ4v) is 1.52. The monoisotopic (exact) mass is 218 g/mol. The number of allylic oxidation sites excluding steroid dienone is 3. The van der Waals surface area contributed by atoms with Crippen LogP contribution in [0.3, 0.4) is 0 Å². The summed E-state index contributed by atoms with van der Waals surface area (Å²) >= 11 is 0.731. The van der Waals surface area contributed by atoms with Gasteiger partial charge in [0.1, 0.15) is 0 Å². The zero-order valence-corrected chi connectivity index (χ0v) is 9.26. The first-order valence-electron chi connectivity index (χ1n) is 4.35. The topological polar surface area (TPSA) is 0 Å². The van der Waals surface area contributed by atoms with Crippen LogP contribution in [0.2, 0.25) is 5.32 Å². The Bertz CT molecular complexity index is 114. The molecule has 0 spiro atoms. The Kier molecular flexibility index (Phi) is 10.00. The van der Waals surface area contributed by atoms with Gasteiger partial charge in [-0.3, -0.25) is 0 Å². The first-order chi connectivity index (χ1) is 5.41. The summed E-state index contributed by atoms with van der Waals surface area (Å²) in [5, 5.41) is 1.31. The van der Waals surface area contributed by atoms with Crippen LogP contribution < -0.4 is 0 Å². The molecule has 11 heavy (non-hydrogen) atoms. The first-order valence-corrected chi connectivity index (χ1v) is 6.55. The predicted octanol–water partition coefficient (Wildman–Crippen LogP) is 3.39. The van der Waals surface area contributed by atoms with E-state index in [0.29, 0.717) is 0 Å². The molecule has 0 aromatic rings. The van der Waals surface area contributed by atoms with Crippen LogP contribution in [-0.2, 0) is 0 Å². The Labute approximate surface area is 76.9 Å². The molecule has 0 saturated carbocycles. The van der Waals surface area contributed by atoms with Gasteiger partial charge in [0, 0.05) is 0 Å². The molecule has 0 aliphatic carbocycles. The second kappa shape index (κ2) is 10.00. The fourth-order valence-electron chi connectivity index (χ4n) is 0.694. The van der Waals surface area contributed by atoms with Gasteiger partial charge in [0.25, 0.3) is 0 Å². The van der Waals surface area contributed by atoms with E-state index in [1.807, 2.05) is 0 Å². The van der Waals surface area contributed by atoms with Gasteiger partial charge in [-0.25, -0.2) is 0 Å². The summed E-state index contributed by atoms with van der Waals surface area (Å²) < 4.78 is 0. The van der Waals surface area contributed by atoms with Crippen molar-refractivity contribution in [1.82, 2.24) is 0 Å². The molecule has 0 radical (unpaired) electrons. The van der Waals surface area contributed by atoms with Gasteiger partial charge < -0.3 is 0 Å². The summed E-state index contributed by atoms with van der Waals surface area (Å²) in [4.78, 5) is 2.29. The summed E-state index contributed by atoms with van der Waals surface area (Å²) in [6, 6.07) is 0. The second-order valence-electron chi connectivity index (χ2n) is 2.35. The number of unbranched alkanes of at least 4 members (excludes halogenated alkanes) is 2. The SMILES string of the molecule is CCCC/C=C\C=C/[Se]CC. The molecule has 0 rings (SSSR count). The Balaban J connectivity index is 3.14. The summed E-state index contributed by atoms with van der Waals surface area (Å²) in [6.07, 6.45) is 10.5. The normalized spacial score (nSPS) is 11.8. The third kappa shape index (κ3) is 10.00. The summed E-state index contributed by atoms with van der Waals surface area (Å²) in [5.74, 6) is 0. The van der Waals surface area contributed by atoms with Crippen LogP contribution in [0.25, 0.3) is 0 Å². The zero-order chi connectivity index (χ0) is 8.36. The van der Waals surface area contributed by atoms with E-state index in [1.165, 1.54) is 24.6 Å². The van der Waals surface area contributed by atoms with Crippen LogP contribution in [0.15, 0.2) is 23.2 Å². The molecule has 0 bridgehead atoms. The van der Waals surface area contributed by atoms with Crippen molar-refractivity contribution in [2.45, 2.75) is 38.4 Å². The molecule has 0 atom stereocenters. The van der Waals surface area contributed by atoms with E-state index >= 15 is 0 Å². The molecule has 0 saturated heterocycles. The molecular formula is C10H18Se. The molecule has 0 nitrogen and oxygen atoms in total. The van der Waals surface area contributed by atoms with Crippen molar-refractivity contribution >= 4 is 15.0 Å². The van der Waals surface area contributed by atoms with Gasteiger partial charge in [0.05, 0.1) is 0 Å².